The second kappa shape index (κ2) is 8.08. The molecule has 0 aliphatic carbocycles. The lowest BCUT2D eigenvalue weighted by Gasteiger charge is -2.37. The van der Waals surface area contributed by atoms with Crippen LogP contribution in [0, 0.1) is 5.82 Å². The summed E-state index contributed by atoms with van der Waals surface area (Å²) in [5, 5.41) is 2.71. The molecule has 6 heteroatoms. The molecule has 0 bridgehead atoms. The first kappa shape index (κ1) is 18.0. The average Bonchev–Trinajstić information content (AvgIpc) is 2.75. The summed E-state index contributed by atoms with van der Waals surface area (Å²) in [5.74, 6) is -0.691. The molecule has 1 aliphatic heterocycles. The number of aromatic nitrogens is 1. The number of para-hydroxylation sites is 1. The summed E-state index contributed by atoms with van der Waals surface area (Å²) in [7, 11) is 0. The molecule has 0 spiro atoms. The van der Waals surface area contributed by atoms with E-state index in [0.29, 0.717) is 11.3 Å². The highest BCUT2D eigenvalue weighted by molar-refractivity contribution is 6.04. The standard InChI is InChI=1S/C22H21FN4O/c23-18-5-4-6-19(14-18)25-22(28)17-13-21(16-24-15-17)27-11-9-26(10-12-27)20-7-2-1-3-8-20/h1-8,13-16H,9-12H2,(H,25,28). The SMILES string of the molecule is O=C(Nc1cccc(F)c1)c1cncc(N2CCN(c3ccccc3)CC2)c1. The number of benzene rings is 2. The molecule has 1 amide bonds. The van der Waals surface area contributed by atoms with Crippen molar-refractivity contribution < 1.29 is 9.18 Å². The Morgan fingerprint density at radius 2 is 1.57 bits per heavy atom. The average molecular weight is 376 g/mol. The van der Waals surface area contributed by atoms with Gasteiger partial charge < -0.3 is 15.1 Å². The lowest BCUT2D eigenvalue weighted by molar-refractivity contribution is 0.102. The third-order valence-electron chi connectivity index (χ3n) is 4.83. The molecule has 2 aromatic carbocycles. The number of anilines is 3. The normalized spacial score (nSPS) is 14.0. The van der Waals surface area contributed by atoms with Gasteiger partial charge in [0.2, 0.25) is 0 Å². The Bertz CT molecular complexity index is 956. The zero-order valence-corrected chi connectivity index (χ0v) is 15.4. The quantitative estimate of drug-likeness (QED) is 0.753. The Labute approximate surface area is 163 Å². The number of amides is 1. The maximum Gasteiger partial charge on any atom is 0.257 e. The van der Waals surface area contributed by atoms with E-state index in [1.165, 1.54) is 24.0 Å². The maximum absolute atomic E-state index is 13.3. The number of piperazine rings is 1. The van der Waals surface area contributed by atoms with Gasteiger partial charge in [-0.2, -0.15) is 0 Å². The molecular formula is C22H21FN4O. The van der Waals surface area contributed by atoms with E-state index in [9.17, 15) is 9.18 Å². The summed E-state index contributed by atoms with van der Waals surface area (Å²) in [6, 6.07) is 18.0. The van der Waals surface area contributed by atoms with Crippen LogP contribution in [0.2, 0.25) is 0 Å². The fourth-order valence-corrected chi connectivity index (χ4v) is 3.36. The Morgan fingerprint density at radius 3 is 2.29 bits per heavy atom. The van der Waals surface area contributed by atoms with Crippen LogP contribution < -0.4 is 15.1 Å². The highest BCUT2D eigenvalue weighted by Gasteiger charge is 2.18. The molecule has 5 nitrogen and oxygen atoms in total. The summed E-state index contributed by atoms with van der Waals surface area (Å²) in [6.45, 7) is 3.52. The summed E-state index contributed by atoms with van der Waals surface area (Å²) in [4.78, 5) is 21.3. The van der Waals surface area contributed by atoms with Gasteiger partial charge in [-0.3, -0.25) is 9.78 Å². The van der Waals surface area contributed by atoms with E-state index >= 15 is 0 Å². The third-order valence-corrected chi connectivity index (χ3v) is 4.83. The smallest absolute Gasteiger partial charge is 0.257 e. The Morgan fingerprint density at radius 1 is 0.857 bits per heavy atom. The minimum absolute atomic E-state index is 0.303. The predicted molar refractivity (Wildman–Crippen MR) is 109 cm³/mol. The highest BCUT2D eigenvalue weighted by atomic mass is 19.1. The monoisotopic (exact) mass is 376 g/mol. The molecule has 1 aromatic heterocycles. The van der Waals surface area contributed by atoms with Crippen LogP contribution >= 0.6 is 0 Å². The Balaban J connectivity index is 1.42. The molecule has 0 unspecified atom stereocenters. The van der Waals surface area contributed by atoms with Gasteiger partial charge in [0, 0.05) is 43.8 Å². The topological polar surface area (TPSA) is 48.5 Å². The second-order valence-electron chi connectivity index (χ2n) is 6.71. The van der Waals surface area contributed by atoms with Gasteiger partial charge in [0.15, 0.2) is 0 Å². The van der Waals surface area contributed by atoms with Crippen molar-refractivity contribution >= 4 is 23.0 Å². The Hall–Kier alpha value is -3.41. The molecule has 1 saturated heterocycles. The summed E-state index contributed by atoms with van der Waals surface area (Å²) in [5.41, 5.74) is 3.02. The number of hydrogen-bond acceptors (Lipinski definition) is 4. The zero-order chi connectivity index (χ0) is 19.3. The van der Waals surface area contributed by atoms with Gasteiger partial charge in [0.05, 0.1) is 17.4 Å². The first-order valence-corrected chi connectivity index (χ1v) is 9.26. The minimum atomic E-state index is -0.388. The van der Waals surface area contributed by atoms with Crippen molar-refractivity contribution in [2.45, 2.75) is 0 Å². The fraction of sp³-hybridized carbons (Fsp3) is 0.182. The Kier molecular flexibility index (Phi) is 5.19. The molecule has 0 saturated carbocycles. The number of halogens is 1. The van der Waals surface area contributed by atoms with E-state index in [1.54, 1.807) is 18.3 Å². The van der Waals surface area contributed by atoms with E-state index < -0.39 is 0 Å². The molecule has 3 aromatic rings. The van der Waals surface area contributed by atoms with Gasteiger partial charge in [-0.1, -0.05) is 24.3 Å². The second-order valence-corrected chi connectivity index (χ2v) is 6.71. The number of carbonyl (C=O) groups is 1. The third kappa shape index (κ3) is 4.11. The number of nitrogens with zero attached hydrogens (tertiary/aromatic N) is 3. The summed E-state index contributed by atoms with van der Waals surface area (Å²) >= 11 is 0. The van der Waals surface area contributed by atoms with Gasteiger partial charge in [-0.25, -0.2) is 4.39 Å². The molecule has 28 heavy (non-hydrogen) atoms. The van der Waals surface area contributed by atoms with Crippen molar-refractivity contribution in [3.63, 3.8) is 0 Å². The van der Waals surface area contributed by atoms with E-state index in [4.69, 9.17) is 0 Å². The molecule has 1 N–H and O–H groups in total. The van der Waals surface area contributed by atoms with Crippen LogP contribution in [0.5, 0.6) is 0 Å². The van der Waals surface area contributed by atoms with Gasteiger partial charge in [-0.05, 0) is 36.4 Å². The lowest BCUT2D eigenvalue weighted by atomic mass is 10.2. The van der Waals surface area contributed by atoms with Crippen LogP contribution in [0.15, 0.2) is 73.1 Å². The zero-order valence-electron chi connectivity index (χ0n) is 15.4. The van der Waals surface area contributed by atoms with Crippen LogP contribution in [0.25, 0.3) is 0 Å². The summed E-state index contributed by atoms with van der Waals surface area (Å²) in [6.07, 6.45) is 3.30. The van der Waals surface area contributed by atoms with Crippen molar-refractivity contribution in [3.8, 4) is 0 Å². The van der Waals surface area contributed by atoms with Gasteiger partial charge in [0.25, 0.3) is 5.91 Å². The lowest BCUT2D eigenvalue weighted by Crippen LogP contribution is -2.46. The van der Waals surface area contributed by atoms with Crippen LogP contribution in [0.4, 0.5) is 21.5 Å². The van der Waals surface area contributed by atoms with E-state index in [-0.39, 0.29) is 11.7 Å². The van der Waals surface area contributed by atoms with Crippen molar-refractivity contribution in [1.82, 2.24) is 4.98 Å². The first-order valence-electron chi connectivity index (χ1n) is 9.26. The van der Waals surface area contributed by atoms with Gasteiger partial charge >= 0.3 is 0 Å². The van der Waals surface area contributed by atoms with Crippen molar-refractivity contribution in [2.75, 3.05) is 41.3 Å². The number of rotatable bonds is 4. The van der Waals surface area contributed by atoms with Crippen LogP contribution in [0.1, 0.15) is 10.4 Å². The van der Waals surface area contributed by atoms with Crippen molar-refractivity contribution in [1.29, 1.82) is 0 Å². The minimum Gasteiger partial charge on any atom is -0.368 e. The summed E-state index contributed by atoms with van der Waals surface area (Å²) < 4.78 is 13.3. The molecule has 0 radical (unpaired) electrons. The van der Waals surface area contributed by atoms with Crippen LogP contribution in [0.3, 0.4) is 0 Å². The largest absolute Gasteiger partial charge is 0.368 e. The van der Waals surface area contributed by atoms with E-state index in [1.807, 2.05) is 24.3 Å². The van der Waals surface area contributed by atoms with Crippen LogP contribution in [-0.4, -0.2) is 37.1 Å². The number of hydrogen-bond donors (Lipinski definition) is 1. The predicted octanol–water partition coefficient (Wildman–Crippen LogP) is 3.80. The molecule has 142 valence electrons. The molecule has 0 atom stereocenters. The number of nitrogens with one attached hydrogen (secondary N) is 1. The number of carbonyl (C=O) groups excluding carboxylic acids is 1. The van der Waals surface area contributed by atoms with E-state index in [0.717, 1.165) is 31.9 Å². The first-order chi connectivity index (χ1) is 13.7. The maximum atomic E-state index is 13.3. The van der Waals surface area contributed by atoms with Crippen molar-refractivity contribution in [2.24, 2.45) is 0 Å². The molecule has 1 aliphatic rings. The van der Waals surface area contributed by atoms with Crippen molar-refractivity contribution in [3.05, 3.63) is 84.4 Å². The molecule has 2 heterocycles. The van der Waals surface area contributed by atoms with Crippen LogP contribution in [-0.2, 0) is 0 Å². The molecule has 1 fully saturated rings. The van der Waals surface area contributed by atoms with Gasteiger partial charge in [0.1, 0.15) is 5.82 Å². The van der Waals surface area contributed by atoms with E-state index in [2.05, 4.69) is 32.2 Å². The molecular weight excluding hydrogens is 355 g/mol. The fourth-order valence-electron chi connectivity index (χ4n) is 3.36. The highest BCUT2D eigenvalue weighted by Crippen LogP contribution is 2.21. The number of pyridine rings is 1. The van der Waals surface area contributed by atoms with Gasteiger partial charge in [-0.15, -0.1) is 0 Å². The molecule has 4 rings (SSSR count).